The Morgan fingerprint density at radius 2 is 2.47 bits per heavy atom. The fraction of sp³-hybridized carbons (Fsp3) is 0.444. The number of aromatic amines is 1. The maximum absolute atomic E-state index is 11.5. The van der Waals surface area contributed by atoms with E-state index in [9.17, 15) is 4.79 Å². The number of H-pyrrole nitrogens is 1. The first-order valence-electron chi connectivity index (χ1n) is 5.24. The molecule has 0 aromatic carbocycles. The van der Waals surface area contributed by atoms with Gasteiger partial charge in [0.1, 0.15) is 0 Å². The van der Waals surface area contributed by atoms with Crippen molar-refractivity contribution in [1.29, 1.82) is 0 Å². The highest BCUT2D eigenvalue weighted by Crippen LogP contribution is 2.36. The monoisotopic (exact) mass is 269 g/mol. The van der Waals surface area contributed by atoms with E-state index in [2.05, 4.69) is 15.2 Å². The molecule has 0 aliphatic heterocycles. The van der Waals surface area contributed by atoms with Crippen molar-refractivity contribution < 1.29 is 0 Å². The molecule has 8 heteroatoms. The summed E-state index contributed by atoms with van der Waals surface area (Å²) in [5, 5.41) is 7.87. The van der Waals surface area contributed by atoms with Crippen LogP contribution in [0.5, 0.6) is 0 Å². The highest BCUT2D eigenvalue weighted by atomic mass is 32.2. The molecule has 6 nitrogen and oxygen atoms in total. The van der Waals surface area contributed by atoms with Gasteiger partial charge < -0.3 is 5.73 Å². The lowest BCUT2D eigenvalue weighted by Gasteiger charge is -2.01. The first kappa shape index (κ1) is 10.8. The molecule has 3 N–H and O–H groups in total. The molecule has 0 spiro atoms. The van der Waals surface area contributed by atoms with Crippen molar-refractivity contribution >= 4 is 28.2 Å². The van der Waals surface area contributed by atoms with Gasteiger partial charge in [0.15, 0.2) is 10.3 Å². The van der Waals surface area contributed by atoms with Gasteiger partial charge in [0.05, 0.1) is 0 Å². The summed E-state index contributed by atoms with van der Waals surface area (Å²) in [5.41, 5.74) is 5.45. The first-order valence-corrected chi connectivity index (χ1v) is 7.04. The van der Waals surface area contributed by atoms with Gasteiger partial charge in [-0.25, -0.2) is 14.9 Å². The second-order valence-corrected chi connectivity index (χ2v) is 5.96. The summed E-state index contributed by atoms with van der Waals surface area (Å²) in [6.45, 7) is 0. The third kappa shape index (κ3) is 2.22. The maximum Gasteiger partial charge on any atom is 0.344 e. The van der Waals surface area contributed by atoms with Gasteiger partial charge in [-0.2, -0.15) is 0 Å². The van der Waals surface area contributed by atoms with Gasteiger partial charge in [-0.3, -0.25) is 4.57 Å². The summed E-state index contributed by atoms with van der Waals surface area (Å²) in [7, 11) is 0. The van der Waals surface area contributed by atoms with Crippen LogP contribution in [0, 0.1) is 0 Å². The molecule has 1 aliphatic rings. The Labute approximate surface area is 105 Å². The zero-order valence-corrected chi connectivity index (χ0v) is 10.6. The number of nitrogens with zero attached hydrogens (tertiary/aromatic N) is 3. The van der Waals surface area contributed by atoms with Crippen LogP contribution in [0.2, 0.25) is 0 Å². The van der Waals surface area contributed by atoms with E-state index in [1.165, 1.54) is 23.1 Å². The molecular formula is C9H11N5OS2. The largest absolute Gasteiger partial charge is 0.375 e. The molecule has 2 heterocycles. The van der Waals surface area contributed by atoms with Gasteiger partial charge >= 0.3 is 5.69 Å². The van der Waals surface area contributed by atoms with E-state index in [-0.39, 0.29) is 5.69 Å². The molecule has 0 bridgehead atoms. The Balaban J connectivity index is 1.75. The summed E-state index contributed by atoms with van der Waals surface area (Å²) in [6, 6.07) is 0.343. The highest BCUT2D eigenvalue weighted by molar-refractivity contribution is 7.98. The van der Waals surface area contributed by atoms with Crippen molar-refractivity contribution in [3.8, 4) is 0 Å². The van der Waals surface area contributed by atoms with Crippen molar-refractivity contribution in [2.75, 3.05) is 5.73 Å². The van der Waals surface area contributed by atoms with Gasteiger partial charge in [-0.05, 0) is 12.8 Å². The summed E-state index contributed by atoms with van der Waals surface area (Å²) in [5.74, 6) is 0.742. The summed E-state index contributed by atoms with van der Waals surface area (Å²) >= 11 is 3.00. The van der Waals surface area contributed by atoms with Crippen molar-refractivity contribution in [1.82, 2.24) is 19.7 Å². The number of aromatic nitrogens is 4. The second kappa shape index (κ2) is 4.19. The van der Waals surface area contributed by atoms with Crippen molar-refractivity contribution in [3.63, 3.8) is 0 Å². The van der Waals surface area contributed by atoms with Crippen LogP contribution in [0.3, 0.4) is 0 Å². The molecule has 90 valence electrons. The molecule has 1 saturated carbocycles. The van der Waals surface area contributed by atoms with Gasteiger partial charge in [0, 0.05) is 22.9 Å². The highest BCUT2D eigenvalue weighted by Gasteiger charge is 2.28. The van der Waals surface area contributed by atoms with Crippen LogP contribution < -0.4 is 11.4 Å². The molecule has 1 aliphatic carbocycles. The minimum absolute atomic E-state index is 0.112. The zero-order valence-electron chi connectivity index (χ0n) is 8.92. The molecule has 0 atom stereocenters. The summed E-state index contributed by atoms with van der Waals surface area (Å²) in [6.07, 6.45) is 3.90. The second-order valence-electron chi connectivity index (χ2n) is 3.87. The topological polar surface area (TPSA) is 89.6 Å². The number of nitrogen functional groups attached to an aromatic ring is 1. The fourth-order valence-electron chi connectivity index (χ4n) is 1.57. The molecule has 2 aromatic rings. The SMILES string of the molecule is Nc1ncc(CSc2n[nH]c(=O)n2C2CC2)s1. The lowest BCUT2D eigenvalue weighted by Crippen LogP contribution is -2.16. The third-order valence-corrected chi connectivity index (χ3v) is 4.51. The van der Waals surface area contributed by atoms with Gasteiger partial charge in [0.2, 0.25) is 0 Å². The van der Waals surface area contributed by atoms with Gasteiger partial charge in [-0.1, -0.05) is 11.8 Å². The molecular weight excluding hydrogens is 258 g/mol. The number of anilines is 1. The molecule has 17 heavy (non-hydrogen) atoms. The molecule has 0 unspecified atom stereocenters. The molecule has 2 aromatic heterocycles. The summed E-state index contributed by atoms with van der Waals surface area (Å²) < 4.78 is 1.75. The molecule has 0 saturated heterocycles. The minimum atomic E-state index is -0.112. The van der Waals surface area contributed by atoms with Crippen molar-refractivity contribution in [2.45, 2.75) is 29.8 Å². The minimum Gasteiger partial charge on any atom is -0.375 e. The van der Waals surface area contributed by atoms with E-state index in [0.717, 1.165) is 28.6 Å². The summed E-state index contributed by atoms with van der Waals surface area (Å²) in [4.78, 5) is 16.6. The number of nitrogens with two attached hydrogens (primary N) is 1. The Kier molecular flexibility index (Phi) is 2.67. The molecule has 0 radical (unpaired) electrons. The van der Waals surface area contributed by atoms with E-state index in [1.807, 2.05) is 0 Å². The van der Waals surface area contributed by atoms with E-state index in [1.54, 1.807) is 10.8 Å². The first-order chi connectivity index (χ1) is 8.24. The number of hydrogen-bond acceptors (Lipinski definition) is 6. The van der Waals surface area contributed by atoms with Gasteiger partial charge in [-0.15, -0.1) is 16.4 Å². The predicted octanol–water partition coefficient (Wildman–Crippen LogP) is 1.24. The molecule has 0 amide bonds. The Hall–Kier alpha value is -1.28. The molecule has 3 rings (SSSR count). The van der Waals surface area contributed by atoms with E-state index >= 15 is 0 Å². The third-order valence-electron chi connectivity index (χ3n) is 2.50. The Morgan fingerprint density at radius 1 is 1.65 bits per heavy atom. The Bertz CT molecular complexity index is 582. The molecule has 1 fully saturated rings. The number of thioether (sulfide) groups is 1. The predicted molar refractivity (Wildman–Crippen MR) is 67.2 cm³/mol. The van der Waals surface area contributed by atoms with Crippen LogP contribution in [-0.4, -0.2) is 19.7 Å². The van der Waals surface area contributed by atoms with Crippen molar-refractivity contribution in [2.24, 2.45) is 0 Å². The number of hydrogen-bond donors (Lipinski definition) is 2. The van der Waals surface area contributed by atoms with Crippen LogP contribution in [0.25, 0.3) is 0 Å². The normalized spacial score (nSPS) is 15.3. The van der Waals surface area contributed by atoms with E-state index in [4.69, 9.17) is 5.73 Å². The number of thiazole rings is 1. The van der Waals surface area contributed by atoms with Crippen molar-refractivity contribution in [3.05, 3.63) is 21.6 Å². The van der Waals surface area contributed by atoms with Crippen LogP contribution in [0.15, 0.2) is 16.1 Å². The van der Waals surface area contributed by atoms with Gasteiger partial charge in [0.25, 0.3) is 0 Å². The fourth-order valence-corrected chi connectivity index (χ4v) is 3.29. The van der Waals surface area contributed by atoms with Crippen LogP contribution >= 0.6 is 23.1 Å². The maximum atomic E-state index is 11.5. The zero-order chi connectivity index (χ0) is 11.8. The standard InChI is InChI=1S/C9H11N5OS2/c10-7-11-3-6(17-7)4-16-9-13-12-8(15)14(9)5-1-2-5/h3,5H,1-2,4H2,(H2,10,11)(H,12,15). The lowest BCUT2D eigenvalue weighted by atomic mass is 10.6. The number of nitrogens with one attached hydrogen (secondary N) is 1. The Morgan fingerprint density at radius 3 is 3.12 bits per heavy atom. The van der Waals surface area contributed by atoms with E-state index < -0.39 is 0 Å². The number of rotatable bonds is 4. The van der Waals surface area contributed by atoms with Crippen LogP contribution in [0.1, 0.15) is 23.8 Å². The lowest BCUT2D eigenvalue weighted by molar-refractivity contribution is 0.642. The smallest absolute Gasteiger partial charge is 0.344 e. The van der Waals surface area contributed by atoms with E-state index in [0.29, 0.717) is 11.2 Å². The van der Waals surface area contributed by atoms with Crippen LogP contribution in [0.4, 0.5) is 5.13 Å². The average molecular weight is 269 g/mol. The quantitative estimate of drug-likeness (QED) is 0.815. The van der Waals surface area contributed by atoms with Crippen LogP contribution in [-0.2, 0) is 5.75 Å². The average Bonchev–Trinajstić information content (AvgIpc) is 2.95.